The van der Waals surface area contributed by atoms with E-state index in [1.54, 1.807) is 13.3 Å². The Morgan fingerprint density at radius 3 is 2.61 bits per heavy atom. The van der Waals surface area contributed by atoms with Gasteiger partial charge in [-0.3, -0.25) is 4.79 Å². The van der Waals surface area contributed by atoms with E-state index in [0.717, 1.165) is 36.6 Å². The van der Waals surface area contributed by atoms with Crippen molar-refractivity contribution in [3.8, 4) is 11.5 Å². The quantitative estimate of drug-likeness (QED) is 0.369. The molecule has 0 aliphatic carbocycles. The molecule has 0 aromatic heterocycles. The zero-order valence-electron chi connectivity index (χ0n) is 15.3. The second-order valence-electron chi connectivity index (χ2n) is 6.02. The first-order valence-electron chi connectivity index (χ1n) is 8.45. The van der Waals surface area contributed by atoms with E-state index in [1.165, 1.54) is 0 Å². The highest BCUT2D eigenvalue weighted by Crippen LogP contribution is 2.32. The molecule has 0 aliphatic heterocycles. The standard InChI is InChI=1S/C21H18Br2N2O3/c1-13-9-15(22)10-18(23)21(13)28-12-20(26)25-24-11-14-7-8-19(27-2)17-6-4-3-5-16(14)17/h3-11H,12H2,1-2H3,(H,25,26). The lowest BCUT2D eigenvalue weighted by molar-refractivity contribution is -0.123. The van der Waals surface area contributed by atoms with Gasteiger partial charge in [-0.15, -0.1) is 0 Å². The molecule has 5 nitrogen and oxygen atoms in total. The van der Waals surface area contributed by atoms with E-state index in [-0.39, 0.29) is 12.5 Å². The number of hydrazone groups is 1. The van der Waals surface area contributed by atoms with Crippen molar-refractivity contribution < 1.29 is 14.3 Å². The zero-order valence-corrected chi connectivity index (χ0v) is 18.5. The largest absolute Gasteiger partial charge is 0.496 e. The van der Waals surface area contributed by atoms with Gasteiger partial charge >= 0.3 is 0 Å². The molecule has 0 aliphatic rings. The van der Waals surface area contributed by atoms with Gasteiger partial charge in [0.05, 0.1) is 17.8 Å². The SMILES string of the molecule is COc1ccc(C=NNC(=O)COc2c(C)cc(Br)cc2Br)c2ccccc12. The minimum absolute atomic E-state index is 0.137. The van der Waals surface area contributed by atoms with Gasteiger partial charge in [-0.25, -0.2) is 5.43 Å². The van der Waals surface area contributed by atoms with Crippen LogP contribution in [0.1, 0.15) is 11.1 Å². The van der Waals surface area contributed by atoms with Crippen molar-refractivity contribution in [1.29, 1.82) is 0 Å². The number of amides is 1. The Labute approximate surface area is 180 Å². The molecule has 0 saturated carbocycles. The number of methoxy groups -OCH3 is 1. The third-order valence-corrected chi connectivity index (χ3v) is 5.12. The first kappa shape index (κ1) is 20.4. The van der Waals surface area contributed by atoms with Crippen LogP contribution in [0.5, 0.6) is 11.5 Å². The molecule has 3 rings (SSSR count). The van der Waals surface area contributed by atoms with Gasteiger partial charge in [-0.05, 0) is 58.1 Å². The van der Waals surface area contributed by atoms with Gasteiger partial charge in [0.15, 0.2) is 6.61 Å². The van der Waals surface area contributed by atoms with Crippen molar-refractivity contribution in [3.05, 3.63) is 68.6 Å². The number of rotatable bonds is 6. The molecule has 0 saturated heterocycles. The first-order chi connectivity index (χ1) is 13.5. The monoisotopic (exact) mass is 504 g/mol. The summed E-state index contributed by atoms with van der Waals surface area (Å²) in [6.45, 7) is 1.78. The average molecular weight is 506 g/mol. The topological polar surface area (TPSA) is 59.9 Å². The molecule has 1 N–H and O–H groups in total. The summed E-state index contributed by atoms with van der Waals surface area (Å²) in [5, 5.41) is 6.03. The molecule has 0 fully saturated rings. The molecule has 0 radical (unpaired) electrons. The van der Waals surface area contributed by atoms with Crippen LogP contribution in [0, 0.1) is 6.92 Å². The number of hydrogen-bond acceptors (Lipinski definition) is 4. The average Bonchev–Trinajstić information content (AvgIpc) is 2.67. The van der Waals surface area contributed by atoms with Crippen LogP contribution in [0.15, 0.2) is 62.6 Å². The number of halogens is 2. The summed E-state index contributed by atoms with van der Waals surface area (Å²) in [5.41, 5.74) is 4.29. The van der Waals surface area contributed by atoms with Crippen LogP contribution in [0.2, 0.25) is 0 Å². The predicted molar refractivity (Wildman–Crippen MR) is 118 cm³/mol. The molecule has 1 amide bonds. The number of carbonyl (C=O) groups excluding carboxylic acids is 1. The maximum atomic E-state index is 12.1. The van der Waals surface area contributed by atoms with Crippen LogP contribution in [-0.4, -0.2) is 25.8 Å². The maximum absolute atomic E-state index is 12.1. The minimum atomic E-state index is -0.344. The van der Waals surface area contributed by atoms with Gasteiger partial charge in [-0.2, -0.15) is 5.10 Å². The van der Waals surface area contributed by atoms with Crippen LogP contribution in [0.3, 0.4) is 0 Å². The molecule has 0 atom stereocenters. The fourth-order valence-electron chi connectivity index (χ4n) is 2.80. The highest BCUT2D eigenvalue weighted by Gasteiger charge is 2.09. The Morgan fingerprint density at radius 2 is 1.89 bits per heavy atom. The third kappa shape index (κ3) is 4.72. The van der Waals surface area contributed by atoms with E-state index in [0.29, 0.717) is 5.75 Å². The number of nitrogens with zero attached hydrogens (tertiary/aromatic N) is 1. The molecule has 28 heavy (non-hydrogen) atoms. The Balaban J connectivity index is 1.65. The summed E-state index contributed by atoms with van der Waals surface area (Å²) in [6.07, 6.45) is 1.61. The van der Waals surface area contributed by atoms with Gasteiger partial charge < -0.3 is 9.47 Å². The van der Waals surface area contributed by atoms with Gasteiger partial charge in [0, 0.05) is 15.4 Å². The summed E-state index contributed by atoms with van der Waals surface area (Å²) < 4.78 is 12.7. The molecule has 0 spiro atoms. The maximum Gasteiger partial charge on any atom is 0.277 e. The second kappa shape index (κ2) is 9.21. The first-order valence-corrected chi connectivity index (χ1v) is 10.0. The number of aryl methyl sites for hydroxylation is 1. The van der Waals surface area contributed by atoms with Gasteiger partial charge in [0.25, 0.3) is 5.91 Å². The number of ether oxygens (including phenoxy) is 2. The van der Waals surface area contributed by atoms with Crippen LogP contribution in [0.25, 0.3) is 10.8 Å². The van der Waals surface area contributed by atoms with Gasteiger partial charge in [-0.1, -0.05) is 40.2 Å². The van der Waals surface area contributed by atoms with Gasteiger partial charge in [0.2, 0.25) is 0 Å². The lowest BCUT2D eigenvalue weighted by Gasteiger charge is -2.11. The molecule has 3 aromatic carbocycles. The number of carbonyl (C=O) groups is 1. The van der Waals surface area contributed by atoms with Crippen LogP contribution >= 0.6 is 31.9 Å². The van der Waals surface area contributed by atoms with E-state index >= 15 is 0 Å². The number of nitrogens with one attached hydrogen (secondary N) is 1. The van der Waals surface area contributed by atoms with Crippen LogP contribution in [0.4, 0.5) is 0 Å². The Morgan fingerprint density at radius 1 is 1.14 bits per heavy atom. The highest BCUT2D eigenvalue weighted by molar-refractivity contribution is 9.11. The normalized spacial score (nSPS) is 11.0. The van der Waals surface area contributed by atoms with E-state index in [2.05, 4.69) is 42.4 Å². The Kier molecular flexibility index (Phi) is 6.70. The predicted octanol–water partition coefficient (Wildman–Crippen LogP) is 5.21. The summed E-state index contributed by atoms with van der Waals surface area (Å²) in [6, 6.07) is 15.4. The number of hydrogen-bond donors (Lipinski definition) is 1. The summed E-state index contributed by atoms with van der Waals surface area (Å²) in [7, 11) is 1.64. The van der Waals surface area contributed by atoms with E-state index in [4.69, 9.17) is 9.47 Å². The number of fused-ring (bicyclic) bond motifs is 1. The number of benzene rings is 3. The molecular formula is C21H18Br2N2O3. The molecule has 0 unspecified atom stereocenters. The fraction of sp³-hybridized carbons (Fsp3) is 0.143. The third-order valence-electron chi connectivity index (χ3n) is 4.07. The fourth-order valence-corrected chi connectivity index (χ4v) is 4.35. The zero-order chi connectivity index (χ0) is 20.1. The molecule has 3 aromatic rings. The second-order valence-corrected chi connectivity index (χ2v) is 7.79. The summed E-state index contributed by atoms with van der Waals surface area (Å²) in [4.78, 5) is 12.1. The van der Waals surface area contributed by atoms with Crippen molar-refractivity contribution in [2.24, 2.45) is 5.10 Å². The molecular weight excluding hydrogens is 488 g/mol. The highest BCUT2D eigenvalue weighted by atomic mass is 79.9. The van der Waals surface area contributed by atoms with Crippen molar-refractivity contribution >= 4 is 54.8 Å². The smallest absolute Gasteiger partial charge is 0.277 e. The Hall–Kier alpha value is -2.38. The molecule has 7 heteroatoms. The molecule has 0 heterocycles. The van der Waals surface area contributed by atoms with Gasteiger partial charge in [0.1, 0.15) is 11.5 Å². The lowest BCUT2D eigenvalue weighted by Crippen LogP contribution is -2.24. The van der Waals surface area contributed by atoms with Crippen molar-refractivity contribution in [2.75, 3.05) is 13.7 Å². The molecule has 0 bridgehead atoms. The van der Waals surface area contributed by atoms with Crippen molar-refractivity contribution in [2.45, 2.75) is 6.92 Å². The summed E-state index contributed by atoms with van der Waals surface area (Å²) >= 11 is 6.86. The molecule has 144 valence electrons. The van der Waals surface area contributed by atoms with Crippen molar-refractivity contribution in [1.82, 2.24) is 5.43 Å². The van der Waals surface area contributed by atoms with E-state index in [1.807, 2.05) is 55.5 Å². The summed E-state index contributed by atoms with van der Waals surface area (Å²) in [5.74, 6) is 1.08. The minimum Gasteiger partial charge on any atom is -0.496 e. The van der Waals surface area contributed by atoms with E-state index < -0.39 is 0 Å². The van der Waals surface area contributed by atoms with Crippen molar-refractivity contribution in [3.63, 3.8) is 0 Å². The van der Waals surface area contributed by atoms with Crippen LogP contribution < -0.4 is 14.9 Å². The van der Waals surface area contributed by atoms with E-state index in [9.17, 15) is 4.79 Å². The van der Waals surface area contributed by atoms with Crippen LogP contribution in [-0.2, 0) is 4.79 Å². The lowest BCUT2D eigenvalue weighted by atomic mass is 10.0. The Bertz CT molecular complexity index is 1030.